The van der Waals surface area contributed by atoms with Gasteiger partial charge in [0.2, 0.25) is 41.4 Å². The van der Waals surface area contributed by atoms with Gasteiger partial charge in [-0.2, -0.15) is 0 Å². The van der Waals surface area contributed by atoms with Crippen LogP contribution in [0.2, 0.25) is 0 Å². The zero-order chi connectivity index (χ0) is 53.2. The molecular formula is C53H85FN6O10S. The number of hydrogen-bond acceptors (Lipinski definition) is 11. The Bertz CT molecular complexity index is 1930. The van der Waals surface area contributed by atoms with Crippen LogP contribution in [0.5, 0.6) is 0 Å². The second-order valence-corrected chi connectivity index (χ2v) is 22.4. The number of carbonyl (C=O) groups is 8. The number of halogens is 1. The van der Waals surface area contributed by atoms with Gasteiger partial charge in [0, 0.05) is 54.2 Å². The molecule has 16 nitrogen and oxygen atoms in total. The van der Waals surface area contributed by atoms with E-state index in [1.54, 1.807) is 49.8 Å². The van der Waals surface area contributed by atoms with Crippen molar-refractivity contribution in [3.63, 3.8) is 0 Å². The summed E-state index contributed by atoms with van der Waals surface area (Å²) in [5.41, 5.74) is 0.910. The quantitative estimate of drug-likeness (QED) is 0.0537. The van der Waals surface area contributed by atoms with E-state index in [1.807, 2.05) is 27.7 Å². The lowest BCUT2D eigenvalue weighted by atomic mass is 9.90. The molecule has 2 N–H and O–H groups in total. The van der Waals surface area contributed by atoms with Gasteiger partial charge in [-0.3, -0.25) is 38.5 Å². The minimum Gasteiger partial charge on any atom is -0.379 e. The Hall–Kier alpha value is -4.42. The van der Waals surface area contributed by atoms with Crippen molar-refractivity contribution in [1.29, 1.82) is 0 Å². The van der Waals surface area contributed by atoms with E-state index >= 15 is 0 Å². The number of unbranched alkanes of at least 4 members (excludes halogenated alkanes) is 2. The summed E-state index contributed by atoms with van der Waals surface area (Å²) in [6.07, 6.45) is 5.43. The van der Waals surface area contributed by atoms with Crippen molar-refractivity contribution in [2.24, 2.45) is 23.2 Å². The first-order valence-corrected chi connectivity index (χ1v) is 26.6. The average Bonchev–Trinajstić information content (AvgIpc) is 3.92. The van der Waals surface area contributed by atoms with Crippen LogP contribution >= 0.6 is 11.8 Å². The second kappa shape index (κ2) is 29.3. The standard InChI is InChI=1S/C53H85FN6O10S/c1-13-35(4)48(41(69-11)30-44(63)59-27-17-19-40(59)49(70-12)36(5)50(66)56-39(33-61)29-37-21-23-38(54)24-22-37)58(10)46(65)32-55-51(67)47(34(2)3)57(9)43(62)20-15-14-16-26-60-45(64)31-42(52(60)68)71-28-18-25-53(6,7)8/h21-24,33-36,39-42,47-49H,13-20,25-32H2,1-12H3,(H,55,67)(H,56,66)/t35-,36+,39-,40-,41?,42?,47-,48-,49+/m0/s1. The van der Waals surface area contributed by atoms with E-state index < -0.39 is 65.8 Å². The maximum atomic E-state index is 14.2. The normalized spacial score (nSPS) is 19.2. The lowest BCUT2D eigenvalue weighted by Crippen LogP contribution is -2.56. The summed E-state index contributed by atoms with van der Waals surface area (Å²) >= 11 is 1.56. The maximum Gasteiger partial charge on any atom is 0.243 e. The van der Waals surface area contributed by atoms with Crippen LogP contribution < -0.4 is 10.6 Å². The maximum absolute atomic E-state index is 14.2. The summed E-state index contributed by atoms with van der Waals surface area (Å²) in [5.74, 6) is -2.72. The third-order valence-corrected chi connectivity index (χ3v) is 15.4. The highest BCUT2D eigenvalue weighted by Gasteiger charge is 2.43. The number of methoxy groups -OCH3 is 2. The summed E-state index contributed by atoms with van der Waals surface area (Å²) in [7, 11) is 6.19. The van der Waals surface area contributed by atoms with E-state index in [1.165, 1.54) is 41.1 Å². The van der Waals surface area contributed by atoms with Crippen LogP contribution in [0.1, 0.15) is 132 Å². The van der Waals surface area contributed by atoms with Crippen LogP contribution in [-0.2, 0) is 54.3 Å². The Morgan fingerprint density at radius 1 is 0.930 bits per heavy atom. The number of benzene rings is 1. The largest absolute Gasteiger partial charge is 0.379 e. The van der Waals surface area contributed by atoms with Gasteiger partial charge in [-0.05, 0) is 85.6 Å². The van der Waals surface area contributed by atoms with Gasteiger partial charge >= 0.3 is 0 Å². The van der Waals surface area contributed by atoms with Crippen molar-refractivity contribution in [1.82, 2.24) is 30.2 Å². The van der Waals surface area contributed by atoms with E-state index in [9.17, 15) is 42.7 Å². The summed E-state index contributed by atoms with van der Waals surface area (Å²) in [6.45, 7) is 16.3. The van der Waals surface area contributed by atoms with Gasteiger partial charge in [0.1, 0.15) is 18.1 Å². The molecule has 3 rings (SSSR count). The molecular weight excluding hydrogens is 932 g/mol. The molecule has 400 valence electrons. The number of rotatable bonds is 30. The number of nitrogens with one attached hydrogen (secondary N) is 2. The molecule has 2 unspecified atom stereocenters. The summed E-state index contributed by atoms with van der Waals surface area (Å²) in [4.78, 5) is 112. The molecule has 18 heteroatoms. The topological polar surface area (TPSA) is 192 Å². The number of likely N-dealkylation sites (N-methyl/N-ethyl adjacent to an activating group) is 2. The Morgan fingerprint density at radius 3 is 2.20 bits per heavy atom. The third kappa shape index (κ3) is 18.2. The van der Waals surface area contributed by atoms with Crippen molar-refractivity contribution in [3.05, 3.63) is 35.6 Å². The fourth-order valence-electron chi connectivity index (χ4n) is 9.87. The van der Waals surface area contributed by atoms with Gasteiger partial charge in [0.25, 0.3) is 0 Å². The zero-order valence-corrected chi connectivity index (χ0v) is 45.4. The molecule has 1 aromatic rings. The van der Waals surface area contributed by atoms with Crippen LogP contribution in [0.3, 0.4) is 0 Å². The number of amides is 7. The van der Waals surface area contributed by atoms with E-state index in [4.69, 9.17) is 9.47 Å². The average molecular weight is 1020 g/mol. The van der Waals surface area contributed by atoms with Gasteiger partial charge in [-0.1, -0.05) is 80.4 Å². The third-order valence-electron chi connectivity index (χ3n) is 14.2. The first-order chi connectivity index (χ1) is 33.5. The molecule has 2 fully saturated rings. The highest BCUT2D eigenvalue weighted by Crippen LogP contribution is 2.31. The minimum atomic E-state index is -0.849. The molecule has 0 spiro atoms. The predicted octanol–water partition coefficient (Wildman–Crippen LogP) is 5.82. The Balaban J connectivity index is 1.55. The van der Waals surface area contributed by atoms with Crippen molar-refractivity contribution >= 4 is 59.4 Å². The number of ether oxygens (including phenoxy) is 2. The molecule has 2 heterocycles. The van der Waals surface area contributed by atoms with Crippen LogP contribution in [0.25, 0.3) is 0 Å². The van der Waals surface area contributed by atoms with Crippen LogP contribution in [0.4, 0.5) is 4.39 Å². The predicted molar refractivity (Wildman–Crippen MR) is 273 cm³/mol. The number of likely N-dealkylation sites (tertiary alicyclic amines) is 2. The number of carbonyl (C=O) groups excluding carboxylic acids is 8. The van der Waals surface area contributed by atoms with Gasteiger partial charge in [0.15, 0.2) is 0 Å². The Labute approximate surface area is 427 Å². The molecule has 0 bridgehead atoms. The molecule has 2 aliphatic rings. The molecule has 0 radical (unpaired) electrons. The lowest BCUT2D eigenvalue weighted by molar-refractivity contribution is -0.146. The smallest absolute Gasteiger partial charge is 0.243 e. The van der Waals surface area contributed by atoms with Crippen molar-refractivity contribution < 1.29 is 52.2 Å². The lowest BCUT2D eigenvalue weighted by Gasteiger charge is -2.39. The van der Waals surface area contributed by atoms with Crippen molar-refractivity contribution in [2.45, 2.75) is 174 Å². The number of imide groups is 1. The second-order valence-electron chi connectivity index (χ2n) is 21.1. The molecule has 9 atom stereocenters. The molecule has 0 saturated carbocycles. The molecule has 71 heavy (non-hydrogen) atoms. The van der Waals surface area contributed by atoms with Crippen LogP contribution in [0.15, 0.2) is 24.3 Å². The first kappa shape index (κ1) is 60.9. The van der Waals surface area contributed by atoms with Crippen LogP contribution in [0, 0.1) is 29.0 Å². The Kier molecular flexibility index (Phi) is 25.1. The van der Waals surface area contributed by atoms with Crippen molar-refractivity contribution in [3.8, 4) is 0 Å². The van der Waals surface area contributed by atoms with E-state index in [-0.39, 0.29) is 78.4 Å². The van der Waals surface area contributed by atoms with Gasteiger partial charge in [0.05, 0.1) is 54.5 Å². The summed E-state index contributed by atoms with van der Waals surface area (Å²) in [5, 5.41) is 5.21. The number of aldehydes is 1. The molecule has 1 aromatic carbocycles. The van der Waals surface area contributed by atoms with Crippen molar-refractivity contribution in [2.75, 3.05) is 53.7 Å². The highest BCUT2D eigenvalue weighted by molar-refractivity contribution is 8.00. The molecule has 0 aliphatic carbocycles. The summed E-state index contributed by atoms with van der Waals surface area (Å²) < 4.78 is 25.3. The molecule has 2 saturated heterocycles. The van der Waals surface area contributed by atoms with E-state index in [0.29, 0.717) is 63.5 Å². The number of hydrogen-bond donors (Lipinski definition) is 2. The highest BCUT2D eigenvalue weighted by atomic mass is 32.2. The van der Waals surface area contributed by atoms with E-state index in [0.717, 1.165) is 18.6 Å². The van der Waals surface area contributed by atoms with Gasteiger partial charge < -0.3 is 39.6 Å². The van der Waals surface area contributed by atoms with Gasteiger partial charge in [-0.15, -0.1) is 11.8 Å². The van der Waals surface area contributed by atoms with Crippen LogP contribution in [-0.4, -0.2) is 163 Å². The van der Waals surface area contributed by atoms with E-state index in [2.05, 4.69) is 31.4 Å². The zero-order valence-electron chi connectivity index (χ0n) is 44.6. The fraction of sp³-hybridized carbons (Fsp3) is 0.736. The monoisotopic (exact) mass is 1020 g/mol. The SMILES string of the molecule is CC[C@H](C)[C@@H](C(CC(=O)N1CCC[C@H]1[C@H](OC)[C@@H](C)C(=O)N[C@H](C=O)Cc1ccc(F)cc1)OC)N(C)C(=O)CNC(=O)[C@H](C(C)C)N(C)C(=O)CCCCCN1C(=O)CC(SCCCC(C)(C)C)C1=O. The summed E-state index contributed by atoms with van der Waals surface area (Å²) in [6, 6.07) is 3.00. The molecule has 7 amide bonds. The number of nitrogens with zero attached hydrogens (tertiary/aromatic N) is 4. The molecule has 2 aliphatic heterocycles. The number of thioether (sulfide) groups is 1. The molecule has 0 aromatic heterocycles. The Morgan fingerprint density at radius 2 is 1.61 bits per heavy atom. The minimum absolute atomic E-state index is 0.0671. The first-order valence-electron chi connectivity index (χ1n) is 25.6. The van der Waals surface area contributed by atoms with Gasteiger partial charge in [-0.25, -0.2) is 4.39 Å². The fourth-order valence-corrected chi connectivity index (χ4v) is 11.0.